The van der Waals surface area contributed by atoms with Crippen LogP contribution in [0.5, 0.6) is 0 Å². The highest BCUT2D eigenvalue weighted by Gasteiger charge is 2.35. The first kappa shape index (κ1) is 12.5. The maximum absolute atomic E-state index is 11.8. The number of carbonyl (C=O) groups excluding carboxylic acids is 3. The van der Waals surface area contributed by atoms with Crippen molar-refractivity contribution in [2.24, 2.45) is 0 Å². The number of nitrogens with zero attached hydrogens (tertiary/aromatic N) is 2. The van der Waals surface area contributed by atoms with E-state index in [9.17, 15) is 14.4 Å². The fourth-order valence-electron chi connectivity index (χ4n) is 1.66. The van der Waals surface area contributed by atoms with E-state index in [4.69, 9.17) is 0 Å². The molecule has 0 bridgehead atoms. The maximum atomic E-state index is 11.8. The van der Waals surface area contributed by atoms with Crippen LogP contribution in [0, 0.1) is 0 Å². The predicted molar refractivity (Wildman–Crippen MR) is 55.4 cm³/mol. The van der Waals surface area contributed by atoms with Crippen molar-refractivity contribution in [3.8, 4) is 0 Å². The van der Waals surface area contributed by atoms with Crippen LogP contribution < -0.4 is 0 Å². The Balaban J connectivity index is 2.64. The Morgan fingerprint density at radius 3 is 2.62 bits per heavy atom. The molecule has 0 aromatic heterocycles. The van der Waals surface area contributed by atoms with Crippen LogP contribution in [0.3, 0.4) is 0 Å². The van der Waals surface area contributed by atoms with Gasteiger partial charge in [0.25, 0.3) is 0 Å². The molecule has 1 fully saturated rings. The number of amides is 2. The summed E-state index contributed by atoms with van der Waals surface area (Å²) >= 11 is 0. The first-order valence-corrected chi connectivity index (χ1v) is 5.04. The molecule has 1 unspecified atom stereocenters. The molecule has 1 rings (SSSR count). The normalized spacial score (nSPS) is 21.3. The second-order valence-electron chi connectivity index (χ2n) is 3.83. The number of ether oxygens (including phenoxy) is 1. The third-order valence-electron chi connectivity index (χ3n) is 2.74. The molecule has 0 radical (unpaired) electrons. The van der Waals surface area contributed by atoms with E-state index in [2.05, 4.69) is 4.74 Å². The molecular formula is C10H16N2O4. The molecule has 16 heavy (non-hydrogen) atoms. The molecule has 1 atom stereocenters. The van der Waals surface area contributed by atoms with Crippen molar-refractivity contribution in [3.05, 3.63) is 0 Å². The predicted octanol–water partition coefficient (Wildman–Crippen LogP) is -0.761. The van der Waals surface area contributed by atoms with E-state index in [-0.39, 0.29) is 30.7 Å². The maximum Gasteiger partial charge on any atom is 0.305 e. The minimum absolute atomic E-state index is 0.101. The molecule has 6 heteroatoms. The topological polar surface area (TPSA) is 66.9 Å². The Labute approximate surface area is 94.1 Å². The summed E-state index contributed by atoms with van der Waals surface area (Å²) in [6, 6.07) is -0.551. The van der Waals surface area contributed by atoms with E-state index in [0.717, 1.165) is 0 Å². The third kappa shape index (κ3) is 2.50. The molecule has 1 saturated heterocycles. The standard InChI is InChI=1S/C10H16N2O4/c1-11-6-8(13)12(2)7(10(11)15)4-5-9(14)16-3/h7H,4-6H2,1-3H3. The Bertz CT molecular complexity index is 316. The summed E-state index contributed by atoms with van der Waals surface area (Å²) in [5.74, 6) is -0.621. The molecule has 1 aliphatic rings. The minimum atomic E-state index is -0.551. The monoisotopic (exact) mass is 228 g/mol. The van der Waals surface area contributed by atoms with E-state index in [1.807, 2.05) is 0 Å². The zero-order chi connectivity index (χ0) is 12.3. The number of methoxy groups -OCH3 is 1. The third-order valence-corrected chi connectivity index (χ3v) is 2.74. The van der Waals surface area contributed by atoms with Crippen LogP contribution in [0.25, 0.3) is 0 Å². The number of likely N-dealkylation sites (N-methyl/N-ethyl adjacent to an activating group) is 2. The van der Waals surface area contributed by atoms with Crippen molar-refractivity contribution < 1.29 is 19.1 Å². The lowest BCUT2D eigenvalue weighted by molar-refractivity contribution is -0.154. The highest BCUT2D eigenvalue weighted by Crippen LogP contribution is 2.14. The smallest absolute Gasteiger partial charge is 0.305 e. The van der Waals surface area contributed by atoms with Crippen molar-refractivity contribution in [2.75, 3.05) is 27.7 Å². The summed E-state index contributed by atoms with van der Waals surface area (Å²) in [5, 5.41) is 0. The summed E-state index contributed by atoms with van der Waals surface area (Å²) in [6.07, 6.45) is 0.441. The van der Waals surface area contributed by atoms with Gasteiger partial charge in [0.1, 0.15) is 6.04 Å². The van der Waals surface area contributed by atoms with E-state index >= 15 is 0 Å². The number of hydrogen-bond acceptors (Lipinski definition) is 4. The summed E-state index contributed by atoms with van der Waals surface area (Å²) in [6.45, 7) is 0.101. The SMILES string of the molecule is COC(=O)CCC1C(=O)N(C)CC(=O)N1C. The number of hydrogen-bond donors (Lipinski definition) is 0. The molecule has 0 N–H and O–H groups in total. The second kappa shape index (κ2) is 4.96. The van der Waals surface area contributed by atoms with Gasteiger partial charge < -0.3 is 14.5 Å². The minimum Gasteiger partial charge on any atom is -0.469 e. The number of esters is 1. The average Bonchev–Trinajstić information content (AvgIpc) is 2.26. The summed E-state index contributed by atoms with van der Waals surface area (Å²) in [7, 11) is 4.46. The van der Waals surface area contributed by atoms with Crippen LogP contribution in [0.4, 0.5) is 0 Å². The van der Waals surface area contributed by atoms with Crippen molar-refractivity contribution in [1.29, 1.82) is 0 Å². The lowest BCUT2D eigenvalue weighted by Crippen LogP contribution is -2.57. The Morgan fingerprint density at radius 1 is 1.44 bits per heavy atom. The molecule has 6 nitrogen and oxygen atoms in total. The second-order valence-corrected chi connectivity index (χ2v) is 3.83. The van der Waals surface area contributed by atoms with Gasteiger partial charge in [-0.25, -0.2) is 0 Å². The molecule has 90 valence electrons. The van der Waals surface area contributed by atoms with Gasteiger partial charge in [-0.15, -0.1) is 0 Å². The van der Waals surface area contributed by atoms with Crippen LogP contribution in [0.15, 0.2) is 0 Å². The van der Waals surface area contributed by atoms with Crippen LogP contribution in [0.1, 0.15) is 12.8 Å². The highest BCUT2D eigenvalue weighted by molar-refractivity contribution is 5.94. The molecular weight excluding hydrogens is 212 g/mol. The number of piperazine rings is 1. The molecule has 0 aromatic rings. The summed E-state index contributed by atoms with van der Waals surface area (Å²) in [4.78, 5) is 37.0. The van der Waals surface area contributed by atoms with Gasteiger partial charge in [0.15, 0.2) is 0 Å². The van der Waals surface area contributed by atoms with Gasteiger partial charge in [0, 0.05) is 20.5 Å². The van der Waals surface area contributed by atoms with Gasteiger partial charge in [0.05, 0.1) is 13.7 Å². The Hall–Kier alpha value is -1.59. The van der Waals surface area contributed by atoms with Crippen LogP contribution in [-0.2, 0) is 19.1 Å². The van der Waals surface area contributed by atoms with Crippen LogP contribution >= 0.6 is 0 Å². The van der Waals surface area contributed by atoms with Crippen LogP contribution in [-0.4, -0.2) is 61.4 Å². The molecule has 0 saturated carbocycles. The summed E-state index contributed by atoms with van der Waals surface area (Å²) < 4.78 is 4.50. The highest BCUT2D eigenvalue weighted by atomic mass is 16.5. The van der Waals surface area contributed by atoms with E-state index in [1.165, 1.54) is 16.9 Å². The number of carbonyl (C=O) groups is 3. The zero-order valence-corrected chi connectivity index (χ0v) is 9.73. The molecule has 1 aliphatic heterocycles. The summed E-state index contributed by atoms with van der Waals surface area (Å²) in [5.41, 5.74) is 0. The van der Waals surface area contributed by atoms with Gasteiger partial charge in [-0.1, -0.05) is 0 Å². The lowest BCUT2D eigenvalue weighted by Gasteiger charge is -2.36. The first-order valence-electron chi connectivity index (χ1n) is 5.04. The molecule has 0 aromatic carbocycles. The molecule has 0 aliphatic carbocycles. The van der Waals surface area contributed by atoms with Gasteiger partial charge in [-0.05, 0) is 6.42 Å². The van der Waals surface area contributed by atoms with Gasteiger partial charge in [0.2, 0.25) is 11.8 Å². The van der Waals surface area contributed by atoms with Crippen molar-refractivity contribution >= 4 is 17.8 Å². The number of rotatable bonds is 3. The van der Waals surface area contributed by atoms with Crippen molar-refractivity contribution in [3.63, 3.8) is 0 Å². The van der Waals surface area contributed by atoms with Crippen molar-refractivity contribution in [2.45, 2.75) is 18.9 Å². The fourth-order valence-corrected chi connectivity index (χ4v) is 1.66. The molecule has 1 heterocycles. The zero-order valence-electron chi connectivity index (χ0n) is 9.73. The average molecular weight is 228 g/mol. The largest absolute Gasteiger partial charge is 0.469 e. The molecule has 2 amide bonds. The van der Waals surface area contributed by atoms with Gasteiger partial charge >= 0.3 is 5.97 Å². The quantitative estimate of drug-likeness (QED) is 0.595. The molecule has 0 spiro atoms. The van der Waals surface area contributed by atoms with E-state index in [0.29, 0.717) is 6.42 Å². The first-order chi connectivity index (χ1) is 7.47. The van der Waals surface area contributed by atoms with E-state index < -0.39 is 6.04 Å². The van der Waals surface area contributed by atoms with Gasteiger partial charge in [-0.3, -0.25) is 14.4 Å². The lowest BCUT2D eigenvalue weighted by atomic mass is 10.1. The fraction of sp³-hybridized carbons (Fsp3) is 0.700. The van der Waals surface area contributed by atoms with Gasteiger partial charge in [-0.2, -0.15) is 0 Å². The van der Waals surface area contributed by atoms with Crippen molar-refractivity contribution in [1.82, 2.24) is 9.80 Å². The van der Waals surface area contributed by atoms with Crippen LogP contribution in [0.2, 0.25) is 0 Å². The Kier molecular flexibility index (Phi) is 3.87. The van der Waals surface area contributed by atoms with E-state index in [1.54, 1.807) is 14.1 Å². The Morgan fingerprint density at radius 2 is 2.06 bits per heavy atom.